The van der Waals surface area contributed by atoms with Gasteiger partial charge in [0.15, 0.2) is 0 Å². The van der Waals surface area contributed by atoms with Gasteiger partial charge in [0, 0.05) is 39.7 Å². The van der Waals surface area contributed by atoms with E-state index in [1.807, 2.05) is 0 Å². The van der Waals surface area contributed by atoms with Crippen LogP contribution in [-0.4, -0.2) is 12.1 Å². The van der Waals surface area contributed by atoms with Gasteiger partial charge in [0.1, 0.15) is 0 Å². The number of para-hydroxylation sites is 1. The van der Waals surface area contributed by atoms with Crippen LogP contribution < -0.4 is 9.80 Å². The molecule has 1 saturated heterocycles. The van der Waals surface area contributed by atoms with Crippen LogP contribution in [0.4, 0.5) is 22.7 Å². The van der Waals surface area contributed by atoms with Gasteiger partial charge >= 0.3 is 0 Å². The molecular formula is C55H44N2. The summed E-state index contributed by atoms with van der Waals surface area (Å²) >= 11 is 0. The fourth-order valence-corrected chi connectivity index (χ4v) is 10.2. The summed E-state index contributed by atoms with van der Waals surface area (Å²) in [6.45, 7) is 4.83. The molecule has 3 aliphatic carbocycles. The second-order valence-corrected chi connectivity index (χ2v) is 16.5. The first-order chi connectivity index (χ1) is 28.0. The third kappa shape index (κ3) is 5.46. The molecule has 0 radical (unpaired) electrons. The number of hydrogen-bond donors (Lipinski definition) is 0. The molecule has 7 aromatic rings. The zero-order chi connectivity index (χ0) is 38.1. The summed E-state index contributed by atoms with van der Waals surface area (Å²) in [5.74, 6) is 0.691. The summed E-state index contributed by atoms with van der Waals surface area (Å²) in [6, 6.07) is 62.8. The largest absolute Gasteiger partial charge is 0.357 e. The second kappa shape index (κ2) is 13.2. The van der Waals surface area contributed by atoms with Crippen molar-refractivity contribution in [2.24, 2.45) is 11.8 Å². The highest BCUT2D eigenvalue weighted by atomic mass is 15.2. The lowest BCUT2D eigenvalue weighted by molar-refractivity contribution is 0.530. The van der Waals surface area contributed by atoms with Crippen molar-refractivity contribution >= 4 is 44.7 Å². The molecule has 2 heteroatoms. The quantitative estimate of drug-likeness (QED) is 0.168. The molecule has 4 unspecified atom stereocenters. The molecule has 4 aliphatic rings. The average molecular weight is 733 g/mol. The first-order valence-electron chi connectivity index (χ1n) is 20.3. The topological polar surface area (TPSA) is 6.48 Å². The summed E-state index contributed by atoms with van der Waals surface area (Å²) in [7, 11) is 0. The summed E-state index contributed by atoms with van der Waals surface area (Å²) in [6.07, 6.45) is 14.8. The summed E-state index contributed by atoms with van der Waals surface area (Å²) in [4.78, 5) is 5.14. The van der Waals surface area contributed by atoms with Gasteiger partial charge in [-0.2, -0.15) is 0 Å². The van der Waals surface area contributed by atoms with Gasteiger partial charge in [-0.05, 0) is 92.4 Å². The van der Waals surface area contributed by atoms with Crippen molar-refractivity contribution in [1.29, 1.82) is 0 Å². The molecule has 0 bridgehead atoms. The van der Waals surface area contributed by atoms with Gasteiger partial charge in [-0.1, -0.05) is 178 Å². The van der Waals surface area contributed by atoms with Crippen molar-refractivity contribution in [3.8, 4) is 11.1 Å². The maximum absolute atomic E-state index is 2.71. The monoisotopic (exact) mass is 732 g/mol. The summed E-state index contributed by atoms with van der Waals surface area (Å²) in [5, 5.41) is 2.48. The number of fused-ring (bicyclic) bond motifs is 7. The van der Waals surface area contributed by atoms with Gasteiger partial charge < -0.3 is 9.80 Å². The minimum atomic E-state index is -0.193. The summed E-state index contributed by atoms with van der Waals surface area (Å²) < 4.78 is 0. The summed E-state index contributed by atoms with van der Waals surface area (Å²) in [5.41, 5.74) is 15.2. The molecule has 7 aromatic carbocycles. The molecule has 1 fully saturated rings. The van der Waals surface area contributed by atoms with Crippen molar-refractivity contribution in [2.75, 3.05) is 9.80 Å². The standard InChI is InChI=1S/C55H44N2/c1-55(2)50-35-43(56(42-21-10-5-11-22-42)52-24-14-20-39-19-12-13-23-45(39)52)27-29-46(50)47-30-28-44(36-51(47)55)57-53-31-25-40(37-15-6-3-7-16-37)33-48(53)49-34-41(26-32-54(49)57)38-17-8-4-9-18-38/h3-36,48-49,53-54H,1-2H3. The zero-order valence-electron chi connectivity index (χ0n) is 32.3. The number of nitrogens with zero attached hydrogens (tertiary/aromatic N) is 2. The third-order valence-electron chi connectivity index (χ3n) is 13.0. The maximum atomic E-state index is 2.71. The Hall–Kier alpha value is -6.64. The number of allylic oxidation sites excluding steroid dienone is 4. The van der Waals surface area contributed by atoms with Crippen LogP contribution in [0.25, 0.3) is 33.0 Å². The molecule has 0 amide bonds. The van der Waals surface area contributed by atoms with Crippen LogP contribution >= 0.6 is 0 Å². The van der Waals surface area contributed by atoms with Crippen molar-refractivity contribution in [3.63, 3.8) is 0 Å². The number of rotatable bonds is 6. The van der Waals surface area contributed by atoms with Crippen LogP contribution in [0.3, 0.4) is 0 Å². The van der Waals surface area contributed by atoms with E-state index in [0.717, 1.165) is 5.69 Å². The van der Waals surface area contributed by atoms with E-state index in [4.69, 9.17) is 0 Å². The Morgan fingerprint density at radius 2 is 1.04 bits per heavy atom. The molecule has 2 nitrogen and oxygen atoms in total. The van der Waals surface area contributed by atoms with Crippen molar-refractivity contribution in [2.45, 2.75) is 31.3 Å². The van der Waals surface area contributed by atoms with Gasteiger partial charge in [0.05, 0.1) is 17.8 Å². The van der Waals surface area contributed by atoms with Gasteiger partial charge in [0.2, 0.25) is 0 Å². The van der Waals surface area contributed by atoms with E-state index < -0.39 is 0 Å². The molecular weight excluding hydrogens is 689 g/mol. The van der Waals surface area contributed by atoms with Gasteiger partial charge in [-0.15, -0.1) is 0 Å². The molecule has 0 aromatic heterocycles. The predicted octanol–water partition coefficient (Wildman–Crippen LogP) is 13.7. The molecule has 57 heavy (non-hydrogen) atoms. The fourth-order valence-electron chi connectivity index (χ4n) is 10.2. The highest BCUT2D eigenvalue weighted by molar-refractivity contribution is 5.99. The van der Waals surface area contributed by atoms with Crippen molar-refractivity contribution < 1.29 is 0 Å². The smallest absolute Gasteiger partial charge is 0.0552 e. The molecule has 1 heterocycles. The lowest BCUT2D eigenvalue weighted by Gasteiger charge is -2.34. The highest BCUT2D eigenvalue weighted by Crippen LogP contribution is 2.54. The van der Waals surface area contributed by atoms with E-state index in [1.165, 1.54) is 72.4 Å². The minimum Gasteiger partial charge on any atom is -0.357 e. The Labute approximate surface area is 336 Å². The maximum Gasteiger partial charge on any atom is 0.0552 e. The molecule has 0 spiro atoms. The van der Waals surface area contributed by atoms with E-state index >= 15 is 0 Å². The molecule has 4 atom stereocenters. The van der Waals surface area contributed by atoms with E-state index in [0.29, 0.717) is 11.8 Å². The predicted molar refractivity (Wildman–Crippen MR) is 240 cm³/mol. The molecule has 11 rings (SSSR count). The average Bonchev–Trinajstić information content (AvgIpc) is 3.71. The normalized spacial score (nSPS) is 21.0. The van der Waals surface area contributed by atoms with Gasteiger partial charge in [0.25, 0.3) is 0 Å². The Bertz CT molecular complexity index is 2710. The highest BCUT2D eigenvalue weighted by Gasteiger charge is 2.48. The van der Waals surface area contributed by atoms with Crippen molar-refractivity contribution in [3.05, 3.63) is 229 Å². The van der Waals surface area contributed by atoms with Crippen LogP contribution in [0.5, 0.6) is 0 Å². The van der Waals surface area contributed by atoms with Crippen LogP contribution in [0.15, 0.2) is 206 Å². The third-order valence-corrected chi connectivity index (χ3v) is 13.0. The van der Waals surface area contributed by atoms with Gasteiger partial charge in [-0.25, -0.2) is 0 Å². The van der Waals surface area contributed by atoms with E-state index in [9.17, 15) is 0 Å². The number of hydrogen-bond acceptors (Lipinski definition) is 2. The number of benzene rings is 7. The fraction of sp³-hybridized carbons (Fsp3) is 0.127. The second-order valence-electron chi connectivity index (χ2n) is 16.5. The molecule has 274 valence electrons. The Morgan fingerprint density at radius 3 is 1.68 bits per heavy atom. The van der Waals surface area contributed by atoms with Crippen LogP contribution in [0, 0.1) is 11.8 Å². The Balaban J connectivity index is 0.992. The van der Waals surface area contributed by atoms with Crippen LogP contribution in [0.1, 0.15) is 36.1 Å². The van der Waals surface area contributed by atoms with Crippen molar-refractivity contribution in [1.82, 2.24) is 0 Å². The Morgan fingerprint density at radius 1 is 0.491 bits per heavy atom. The first-order valence-corrected chi connectivity index (χ1v) is 20.3. The van der Waals surface area contributed by atoms with E-state index in [1.54, 1.807) is 0 Å². The number of anilines is 4. The zero-order valence-corrected chi connectivity index (χ0v) is 32.3. The van der Waals surface area contributed by atoms with E-state index in [2.05, 4.69) is 230 Å². The molecule has 1 aliphatic heterocycles. The SMILES string of the molecule is CC1(C)c2cc(N(c3ccccc3)c3cccc4ccccc34)ccc2-c2ccc(N3C4C=CC(c5ccccc5)=CC4C4C=C(c5ccccc5)C=CC43)cc21. The molecule has 0 N–H and O–H groups in total. The molecule has 0 saturated carbocycles. The van der Waals surface area contributed by atoms with Gasteiger partial charge in [-0.3, -0.25) is 0 Å². The Kier molecular flexibility index (Phi) is 7.83. The first kappa shape index (κ1) is 33.7. The lowest BCUT2D eigenvalue weighted by Crippen LogP contribution is -2.37. The van der Waals surface area contributed by atoms with Crippen LogP contribution in [0.2, 0.25) is 0 Å². The minimum absolute atomic E-state index is 0.193. The lowest BCUT2D eigenvalue weighted by atomic mass is 9.78. The van der Waals surface area contributed by atoms with E-state index in [-0.39, 0.29) is 17.5 Å². The van der Waals surface area contributed by atoms with Crippen LogP contribution in [-0.2, 0) is 5.41 Å².